The van der Waals surface area contributed by atoms with Crippen molar-refractivity contribution in [2.75, 3.05) is 13.6 Å². The lowest BCUT2D eigenvalue weighted by Crippen LogP contribution is -2.38. The van der Waals surface area contributed by atoms with Crippen molar-refractivity contribution in [2.45, 2.75) is 45.3 Å². The van der Waals surface area contributed by atoms with Crippen LogP contribution in [0.1, 0.15) is 30.9 Å². The van der Waals surface area contributed by atoms with Crippen molar-refractivity contribution < 1.29 is 0 Å². The minimum absolute atomic E-state index is 0. The molecule has 2 aromatic heterocycles. The van der Waals surface area contributed by atoms with Crippen molar-refractivity contribution in [3.05, 3.63) is 30.1 Å². The van der Waals surface area contributed by atoms with Gasteiger partial charge >= 0.3 is 0 Å². The number of hydrogen-bond acceptors (Lipinski definition) is 4. The van der Waals surface area contributed by atoms with Gasteiger partial charge in [-0.1, -0.05) is 0 Å². The zero-order chi connectivity index (χ0) is 15.9. The molecule has 0 unspecified atom stereocenters. The summed E-state index contributed by atoms with van der Waals surface area (Å²) >= 11 is 0. The maximum Gasteiger partial charge on any atom is 0.191 e. The topological polar surface area (TPSA) is 84.9 Å². The molecule has 132 valence electrons. The molecule has 0 aromatic carbocycles. The molecule has 1 aliphatic heterocycles. The highest BCUT2D eigenvalue weighted by molar-refractivity contribution is 14.0. The number of aryl methyl sites for hydroxylation is 2. The number of aliphatic imine (C=N–C) groups is 1. The number of guanidine groups is 1. The first-order valence-electron chi connectivity index (χ1n) is 8.19. The molecule has 0 bridgehead atoms. The van der Waals surface area contributed by atoms with Crippen molar-refractivity contribution in [2.24, 2.45) is 4.99 Å². The number of fused-ring (bicyclic) bond motifs is 1. The number of nitrogens with one attached hydrogen (secondary N) is 2. The van der Waals surface area contributed by atoms with E-state index >= 15 is 0 Å². The summed E-state index contributed by atoms with van der Waals surface area (Å²) < 4.78 is 4.15. The first kappa shape index (κ1) is 18.7. The van der Waals surface area contributed by atoms with Crippen molar-refractivity contribution >= 4 is 29.9 Å². The number of halogens is 1. The fourth-order valence-corrected chi connectivity index (χ4v) is 2.76. The van der Waals surface area contributed by atoms with E-state index in [1.54, 1.807) is 13.2 Å². The zero-order valence-corrected chi connectivity index (χ0v) is 16.3. The quantitative estimate of drug-likeness (QED) is 0.303. The Hall–Kier alpha value is -1.65. The Labute approximate surface area is 159 Å². The molecule has 9 heteroatoms. The Morgan fingerprint density at radius 3 is 3.00 bits per heavy atom. The van der Waals surface area contributed by atoms with E-state index in [4.69, 9.17) is 0 Å². The van der Waals surface area contributed by atoms with Crippen molar-refractivity contribution in [3.63, 3.8) is 0 Å². The van der Waals surface area contributed by atoms with Crippen LogP contribution in [0.3, 0.4) is 0 Å². The Kier molecular flexibility index (Phi) is 7.47. The summed E-state index contributed by atoms with van der Waals surface area (Å²) in [4.78, 5) is 4.25. The summed E-state index contributed by atoms with van der Waals surface area (Å²) in [5.41, 5.74) is 0. The van der Waals surface area contributed by atoms with Crippen LogP contribution in [-0.2, 0) is 26.1 Å². The predicted octanol–water partition coefficient (Wildman–Crippen LogP) is 1.18. The minimum Gasteiger partial charge on any atom is -0.356 e. The molecule has 2 aromatic rings. The maximum absolute atomic E-state index is 4.29. The average molecular weight is 444 g/mol. The summed E-state index contributed by atoms with van der Waals surface area (Å²) in [6.45, 7) is 3.41. The molecule has 0 radical (unpaired) electrons. The Balaban J connectivity index is 0.00000208. The van der Waals surface area contributed by atoms with Gasteiger partial charge in [-0.3, -0.25) is 9.67 Å². The predicted molar refractivity (Wildman–Crippen MR) is 103 cm³/mol. The van der Waals surface area contributed by atoms with Crippen LogP contribution < -0.4 is 10.6 Å². The normalized spacial score (nSPS) is 14.0. The second-order valence-electron chi connectivity index (χ2n) is 5.62. The molecule has 2 N–H and O–H groups in total. The van der Waals surface area contributed by atoms with Crippen LogP contribution in [0.5, 0.6) is 0 Å². The summed E-state index contributed by atoms with van der Waals surface area (Å²) in [6.07, 6.45) is 8.22. The van der Waals surface area contributed by atoms with Gasteiger partial charge in [0.1, 0.15) is 5.82 Å². The summed E-state index contributed by atoms with van der Waals surface area (Å²) in [7, 11) is 1.78. The van der Waals surface area contributed by atoms with Crippen LogP contribution in [0.15, 0.2) is 23.5 Å². The van der Waals surface area contributed by atoms with Crippen molar-refractivity contribution in [1.82, 2.24) is 35.2 Å². The third-order valence-corrected chi connectivity index (χ3v) is 3.99. The van der Waals surface area contributed by atoms with E-state index in [0.29, 0.717) is 6.54 Å². The fourth-order valence-electron chi connectivity index (χ4n) is 2.76. The van der Waals surface area contributed by atoms with E-state index in [0.717, 1.165) is 50.1 Å². The lowest BCUT2D eigenvalue weighted by atomic mass is 10.2. The number of aromatic nitrogens is 5. The first-order valence-corrected chi connectivity index (χ1v) is 8.19. The highest BCUT2D eigenvalue weighted by atomic mass is 127. The average Bonchev–Trinajstić information content (AvgIpc) is 3.24. The SMILES string of the molecule is CN=C(NCCCn1cccn1)NCc1nnc2n1CCCC2.I. The molecule has 0 amide bonds. The molecule has 8 nitrogen and oxygen atoms in total. The highest BCUT2D eigenvalue weighted by Gasteiger charge is 2.15. The second-order valence-corrected chi connectivity index (χ2v) is 5.62. The van der Waals surface area contributed by atoms with Crippen LogP contribution in [0.2, 0.25) is 0 Å². The van der Waals surface area contributed by atoms with Gasteiger partial charge in [0.05, 0.1) is 6.54 Å². The van der Waals surface area contributed by atoms with E-state index in [1.807, 2.05) is 16.9 Å². The van der Waals surface area contributed by atoms with Gasteiger partial charge in [-0.05, 0) is 25.3 Å². The molecule has 1 aliphatic rings. The molecular formula is C15H25IN8. The molecule has 0 aliphatic carbocycles. The fraction of sp³-hybridized carbons (Fsp3) is 0.600. The van der Waals surface area contributed by atoms with Crippen LogP contribution in [-0.4, -0.2) is 44.1 Å². The standard InChI is InChI=1S/C15H24N8.HI/c1-16-15(17-7-4-9-22-10-5-8-19-22)18-12-14-21-20-13-6-2-3-11-23(13)14;/h5,8,10H,2-4,6-7,9,11-12H2,1H3,(H2,16,17,18);1H. The van der Waals surface area contributed by atoms with Gasteiger partial charge < -0.3 is 15.2 Å². The van der Waals surface area contributed by atoms with E-state index in [1.165, 1.54) is 12.8 Å². The molecule has 0 saturated carbocycles. The Bertz CT molecular complexity index is 634. The van der Waals surface area contributed by atoms with Gasteiger partial charge in [0.2, 0.25) is 0 Å². The molecule has 0 saturated heterocycles. The lowest BCUT2D eigenvalue weighted by molar-refractivity contribution is 0.504. The van der Waals surface area contributed by atoms with Crippen LogP contribution >= 0.6 is 24.0 Å². The second kappa shape index (κ2) is 9.60. The monoisotopic (exact) mass is 444 g/mol. The maximum atomic E-state index is 4.29. The van der Waals surface area contributed by atoms with Crippen molar-refractivity contribution in [1.29, 1.82) is 0 Å². The Morgan fingerprint density at radius 1 is 1.29 bits per heavy atom. The number of hydrogen-bond donors (Lipinski definition) is 2. The van der Waals surface area contributed by atoms with E-state index < -0.39 is 0 Å². The number of rotatable bonds is 6. The van der Waals surface area contributed by atoms with Gasteiger partial charge in [0.15, 0.2) is 11.8 Å². The zero-order valence-electron chi connectivity index (χ0n) is 14.0. The van der Waals surface area contributed by atoms with Crippen molar-refractivity contribution in [3.8, 4) is 0 Å². The van der Waals surface area contributed by atoms with E-state index in [9.17, 15) is 0 Å². The summed E-state index contributed by atoms with van der Waals surface area (Å²) in [6, 6.07) is 1.94. The molecule has 0 atom stereocenters. The lowest BCUT2D eigenvalue weighted by Gasteiger charge is -2.16. The van der Waals surface area contributed by atoms with Crippen LogP contribution in [0.4, 0.5) is 0 Å². The number of nitrogens with zero attached hydrogens (tertiary/aromatic N) is 6. The molecule has 24 heavy (non-hydrogen) atoms. The van der Waals surface area contributed by atoms with E-state index in [2.05, 4.69) is 35.5 Å². The van der Waals surface area contributed by atoms with Gasteiger partial charge in [-0.15, -0.1) is 34.2 Å². The van der Waals surface area contributed by atoms with Crippen LogP contribution in [0, 0.1) is 0 Å². The third-order valence-electron chi connectivity index (χ3n) is 3.99. The molecule has 0 fully saturated rings. The van der Waals surface area contributed by atoms with Gasteiger partial charge in [-0.25, -0.2) is 0 Å². The molecule has 3 heterocycles. The smallest absolute Gasteiger partial charge is 0.191 e. The summed E-state index contributed by atoms with van der Waals surface area (Å²) in [5.74, 6) is 2.88. The highest BCUT2D eigenvalue weighted by Crippen LogP contribution is 2.13. The molecule has 0 spiro atoms. The largest absolute Gasteiger partial charge is 0.356 e. The molecule has 3 rings (SSSR count). The van der Waals surface area contributed by atoms with E-state index in [-0.39, 0.29) is 24.0 Å². The summed E-state index contributed by atoms with van der Waals surface area (Å²) in [5, 5.41) is 19.4. The van der Waals surface area contributed by atoms with Crippen LogP contribution in [0.25, 0.3) is 0 Å². The third kappa shape index (κ3) is 4.92. The minimum atomic E-state index is 0. The van der Waals surface area contributed by atoms with Gasteiger partial charge in [-0.2, -0.15) is 5.10 Å². The van der Waals surface area contributed by atoms with Gasteiger partial charge in [0, 0.05) is 45.5 Å². The first-order chi connectivity index (χ1) is 11.4. The Morgan fingerprint density at radius 2 is 2.21 bits per heavy atom. The van der Waals surface area contributed by atoms with Gasteiger partial charge in [0.25, 0.3) is 0 Å². The molecular weight excluding hydrogens is 419 g/mol.